The Labute approximate surface area is 127 Å². The fraction of sp³-hybridized carbons (Fsp3) is 0.0625. The zero-order chi connectivity index (χ0) is 14.7. The molecule has 5 heteroatoms. The van der Waals surface area contributed by atoms with Crippen molar-refractivity contribution in [2.24, 2.45) is 0 Å². The van der Waals surface area contributed by atoms with Gasteiger partial charge in [0.2, 0.25) is 0 Å². The summed E-state index contributed by atoms with van der Waals surface area (Å²) in [5.41, 5.74) is 9.42. The fourth-order valence-electron chi connectivity index (χ4n) is 1.99. The molecule has 0 saturated heterocycles. The van der Waals surface area contributed by atoms with Crippen molar-refractivity contribution in [3.8, 4) is 17.0 Å². The van der Waals surface area contributed by atoms with E-state index in [-0.39, 0.29) is 0 Å². The van der Waals surface area contributed by atoms with E-state index in [1.54, 1.807) is 18.4 Å². The SMILES string of the molecule is COc1cccc(Nc2nc(-c3cccc(N)c3)cs2)c1. The van der Waals surface area contributed by atoms with E-state index in [2.05, 4.69) is 10.3 Å². The molecule has 3 N–H and O–H groups in total. The number of hydrogen-bond acceptors (Lipinski definition) is 5. The Morgan fingerprint density at radius 2 is 2.00 bits per heavy atom. The number of thiazole rings is 1. The van der Waals surface area contributed by atoms with Crippen molar-refractivity contribution >= 4 is 27.8 Å². The lowest BCUT2D eigenvalue weighted by Crippen LogP contribution is -1.91. The van der Waals surface area contributed by atoms with E-state index < -0.39 is 0 Å². The molecule has 0 saturated carbocycles. The van der Waals surface area contributed by atoms with Gasteiger partial charge in [0, 0.05) is 28.4 Å². The molecule has 3 aromatic rings. The molecule has 4 nitrogen and oxygen atoms in total. The maximum atomic E-state index is 5.80. The lowest BCUT2D eigenvalue weighted by atomic mass is 10.1. The molecule has 0 aliphatic heterocycles. The Morgan fingerprint density at radius 1 is 1.14 bits per heavy atom. The zero-order valence-corrected chi connectivity index (χ0v) is 12.4. The fourth-order valence-corrected chi connectivity index (χ4v) is 2.73. The average Bonchev–Trinajstić information content (AvgIpc) is 2.96. The monoisotopic (exact) mass is 297 g/mol. The Hall–Kier alpha value is -2.53. The van der Waals surface area contributed by atoms with Crippen LogP contribution in [0.15, 0.2) is 53.9 Å². The highest BCUT2D eigenvalue weighted by molar-refractivity contribution is 7.14. The number of aromatic nitrogens is 1. The van der Waals surface area contributed by atoms with E-state index in [1.165, 1.54) is 0 Å². The van der Waals surface area contributed by atoms with Crippen LogP contribution in [0.25, 0.3) is 11.3 Å². The highest BCUT2D eigenvalue weighted by Crippen LogP contribution is 2.28. The summed E-state index contributed by atoms with van der Waals surface area (Å²) in [5, 5.41) is 6.12. The van der Waals surface area contributed by atoms with Gasteiger partial charge in [0.05, 0.1) is 12.8 Å². The number of hydrogen-bond donors (Lipinski definition) is 2. The third kappa shape index (κ3) is 3.14. The number of nitrogens with one attached hydrogen (secondary N) is 1. The molecule has 0 atom stereocenters. The molecule has 0 spiro atoms. The predicted octanol–water partition coefficient (Wildman–Crippen LogP) is 4.14. The van der Waals surface area contributed by atoms with E-state index in [9.17, 15) is 0 Å². The second-order valence-electron chi connectivity index (χ2n) is 4.52. The van der Waals surface area contributed by atoms with Crippen LogP contribution in [0.3, 0.4) is 0 Å². The molecular weight excluding hydrogens is 282 g/mol. The molecule has 106 valence electrons. The molecule has 2 aromatic carbocycles. The second kappa shape index (κ2) is 5.85. The summed E-state index contributed by atoms with van der Waals surface area (Å²) < 4.78 is 5.21. The Kier molecular flexibility index (Phi) is 3.75. The molecule has 0 bridgehead atoms. The molecule has 0 aliphatic carbocycles. The van der Waals surface area contributed by atoms with E-state index >= 15 is 0 Å². The molecular formula is C16H15N3OS. The van der Waals surface area contributed by atoms with Crippen LogP contribution in [0.2, 0.25) is 0 Å². The molecule has 3 rings (SSSR count). The number of nitrogens with two attached hydrogens (primary N) is 1. The van der Waals surface area contributed by atoms with Gasteiger partial charge in [-0.25, -0.2) is 4.98 Å². The molecule has 0 fully saturated rings. The van der Waals surface area contributed by atoms with Crippen molar-refractivity contribution in [1.29, 1.82) is 0 Å². The first kappa shape index (κ1) is 13.5. The number of nitrogen functional groups attached to an aromatic ring is 1. The van der Waals surface area contributed by atoms with Crippen LogP contribution in [0.5, 0.6) is 5.75 Å². The number of nitrogens with zero attached hydrogens (tertiary/aromatic N) is 1. The number of methoxy groups -OCH3 is 1. The van der Waals surface area contributed by atoms with Gasteiger partial charge in [-0.05, 0) is 24.3 Å². The van der Waals surface area contributed by atoms with Crippen LogP contribution >= 0.6 is 11.3 Å². The Balaban J connectivity index is 1.81. The summed E-state index contributed by atoms with van der Waals surface area (Å²) in [6.45, 7) is 0. The van der Waals surface area contributed by atoms with Crippen LogP contribution in [-0.2, 0) is 0 Å². The Bertz CT molecular complexity index is 755. The quantitative estimate of drug-likeness (QED) is 0.710. The number of benzene rings is 2. The van der Waals surface area contributed by atoms with Gasteiger partial charge in [0.15, 0.2) is 5.13 Å². The molecule has 0 unspecified atom stereocenters. The highest BCUT2D eigenvalue weighted by atomic mass is 32.1. The van der Waals surface area contributed by atoms with E-state index in [4.69, 9.17) is 10.5 Å². The van der Waals surface area contributed by atoms with E-state index in [1.807, 2.05) is 53.9 Å². The summed E-state index contributed by atoms with van der Waals surface area (Å²) in [6, 6.07) is 15.5. The number of ether oxygens (including phenoxy) is 1. The normalized spacial score (nSPS) is 10.3. The van der Waals surface area contributed by atoms with Crippen LogP contribution in [0.4, 0.5) is 16.5 Å². The number of anilines is 3. The van der Waals surface area contributed by atoms with Gasteiger partial charge in [0.25, 0.3) is 0 Å². The van der Waals surface area contributed by atoms with E-state index in [0.29, 0.717) is 0 Å². The minimum Gasteiger partial charge on any atom is -0.497 e. The second-order valence-corrected chi connectivity index (χ2v) is 5.38. The average molecular weight is 297 g/mol. The lowest BCUT2D eigenvalue weighted by Gasteiger charge is -2.04. The summed E-state index contributed by atoms with van der Waals surface area (Å²) in [5.74, 6) is 0.813. The molecule has 0 amide bonds. The molecule has 0 aliphatic rings. The van der Waals surface area contributed by atoms with Crippen LogP contribution in [0.1, 0.15) is 0 Å². The summed E-state index contributed by atoms with van der Waals surface area (Å²) in [4.78, 5) is 4.58. The minimum atomic E-state index is 0.739. The summed E-state index contributed by atoms with van der Waals surface area (Å²) in [7, 11) is 1.65. The number of rotatable bonds is 4. The first-order chi connectivity index (χ1) is 10.2. The van der Waals surface area contributed by atoms with Gasteiger partial charge in [-0.2, -0.15) is 0 Å². The smallest absolute Gasteiger partial charge is 0.187 e. The van der Waals surface area contributed by atoms with Gasteiger partial charge >= 0.3 is 0 Å². The van der Waals surface area contributed by atoms with Gasteiger partial charge in [-0.1, -0.05) is 18.2 Å². The maximum absolute atomic E-state index is 5.80. The van der Waals surface area contributed by atoms with Gasteiger partial charge in [0.1, 0.15) is 5.75 Å². The largest absolute Gasteiger partial charge is 0.497 e. The predicted molar refractivity (Wildman–Crippen MR) is 88.2 cm³/mol. The van der Waals surface area contributed by atoms with Crippen molar-refractivity contribution in [3.05, 3.63) is 53.9 Å². The van der Waals surface area contributed by atoms with Crippen molar-refractivity contribution in [3.63, 3.8) is 0 Å². The minimum absolute atomic E-state index is 0.739. The van der Waals surface area contributed by atoms with Gasteiger partial charge < -0.3 is 15.8 Å². The van der Waals surface area contributed by atoms with Crippen molar-refractivity contribution in [2.75, 3.05) is 18.2 Å². The van der Waals surface area contributed by atoms with Gasteiger partial charge in [-0.3, -0.25) is 0 Å². The Morgan fingerprint density at radius 3 is 2.81 bits per heavy atom. The molecule has 1 aromatic heterocycles. The van der Waals surface area contributed by atoms with Crippen molar-refractivity contribution in [1.82, 2.24) is 4.98 Å². The molecule has 1 heterocycles. The highest BCUT2D eigenvalue weighted by Gasteiger charge is 2.05. The van der Waals surface area contributed by atoms with E-state index in [0.717, 1.165) is 33.5 Å². The topological polar surface area (TPSA) is 60.2 Å². The standard InChI is InChI=1S/C16H15N3OS/c1-20-14-7-3-6-13(9-14)18-16-19-15(10-21-16)11-4-2-5-12(17)8-11/h2-10H,17H2,1H3,(H,18,19). The molecule has 0 radical (unpaired) electrons. The first-order valence-corrected chi connectivity index (χ1v) is 7.35. The van der Waals surface area contributed by atoms with Crippen molar-refractivity contribution in [2.45, 2.75) is 0 Å². The van der Waals surface area contributed by atoms with Crippen LogP contribution in [0, 0.1) is 0 Å². The third-order valence-corrected chi connectivity index (χ3v) is 3.77. The third-order valence-electron chi connectivity index (χ3n) is 3.01. The van der Waals surface area contributed by atoms with Crippen LogP contribution in [-0.4, -0.2) is 12.1 Å². The molecule has 21 heavy (non-hydrogen) atoms. The maximum Gasteiger partial charge on any atom is 0.187 e. The zero-order valence-electron chi connectivity index (χ0n) is 11.5. The van der Waals surface area contributed by atoms with Crippen molar-refractivity contribution < 1.29 is 4.74 Å². The summed E-state index contributed by atoms with van der Waals surface area (Å²) in [6.07, 6.45) is 0. The lowest BCUT2D eigenvalue weighted by molar-refractivity contribution is 0.415. The van der Waals surface area contributed by atoms with Crippen LogP contribution < -0.4 is 15.8 Å². The summed E-state index contributed by atoms with van der Waals surface area (Å²) >= 11 is 1.55. The first-order valence-electron chi connectivity index (χ1n) is 6.47. The van der Waals surface area contributed by atoms with Gasteiger partial charge in [-0.15, -0.1) is 11.3 Å².